The molecule has 0 saturated carbocycles. The van der Waals surface area contributed by atoms with E-state index >= 15 is 0 Å². The minimum Gasteiger partial charge on any atom is -0.292 e. The molecule has 2 nitrogen and oxygen atoms in total. The number of benzene rings is 8. The molecule has 10 rings (SSSR count). The molecule has 1 aromatic heterocycles. The lowest BCUT2D eigenvalue weighted by Crippen LogP contribution is -2.06. The van der Waals surface area contributed by atoms with Crippen LogP contribution in [0.4, 0.5) is 0 Å². The number of aromatic nitrogens is 2. The summed E-state index contributed by atoms with van der Waals surface area (Å²) >= 11 is 0. The van der Waals surface area contributed by atoms with Crippen molar-refractivity contribution in [2.24, 2.45) is 0 Å². The highest BCUT2D eigenvalue weighted by molar-refractivity contribution is 6.11. The third kappa shape index (κ3) is 5.38. The largest absolute Gasteiger partial charge is 0.292 e. The molecule has 0 spiro atoms. The molecule has 0 bridgehead atoms. The fourth-order valence-corrected chi connectivity index (χ4v) is 8.53. The van der Waals surface area contributed by atoms with Crippen LogP contribution in [0.2, 0.25) is 0 Å². The minimum absolute atomic E-state index is 0.375. The number of allylic oxidation sites excluding steroid dienone is 1. The fourth-order valence-electron chi connectivity index (χ4n) is 8.53. The molecule has 0 N–H and O–H groups in total. The second-order valence-corrected chi connectivity index (χ2v) is 14.3. The number of fused-ring (bicyclic) bond motifs is 3. The molecule has 1 heterocycles. The van der Waals surface area contributed by atoms with E-state index in [2.05, 4.69) is 206 Å². The number of rotatable bonds is 6. The first-order valence-corrected chi connectivity index (χ1v) is 18.9. The van der Waals surface area contributed by atoms with Gasteiger partial charge in [0.2, 0.25) is 0 Å². The number of hydrogen-bond donors (Lipinski definition) is 0. The zero-order valence-electron chi connectivity index (χ0n) is 30.2. The Kier molecular flexibility index (Phi) is 7.88. The molecule has 256 valence electrons. The highest BCUT2D eigenvalue weighted by Gasteiger charge is 2.26. The first-order valence-electron chi connectivity index (χ1n) is 18.9. The average molecular weight is 691 g/mol. The Labute approximate surface area is 316 Å². The molecule has 9 aromatic rings. The third-order valence-electron chi connectivity index (χ3n) is 11.0. The standard InChI is InChI=1S/C52H38N2/c1-35-16-15-27-46-47(35)49(45-26-14-13-25-44(45)48(46)42-29-28-36-17-11-12-24-41(36)34-42)37-30-32-43(33-31-37)54-51(39-20-7-3-8-21-39)50(38-18-5-2-6-19-38)53-52(54)40-22-9-4-10-23-40/h2-15,17-35H,16H2,1H3. The lowest BCUT2D eigenvalue weighted by atomic mass is 9.76. The highest BCUT2D eigenvalue weighted by Crippen LogP contribution is 2.48. The van der Waals surface area contributed by atoms with Gasteiger partial charge in [-0.1, -0.05) is 183 Å². The molecule has 1 unspecified atom stereocenters. The Morgan fingerprint density at radius 1 is 0.500 bits per heavy atom. The maximum Gasteiger partial charge on any atom is 0.145 e. The summed E-state index contributed by atoms with van der Waals surface area (Å²) in [5, 5.41) is 5.10. The molecule has 0 radical (unpaired) electrons. The van der Waals surface area contributed by atoms with Crippen molar-refractivity contribution in [3.05, 3.63) is 199 Å². The molecule has 2 heteroatoms. The van der Waals surface area contributed by atoms with E-state index in [0.29, 0.717) is 5.92 Å². The number of hydrogen-bond acceptors (Lipinski definition) is 1. The summed E-state index contributed by atoms with van der Waals surface area (Å²) in [6.07, 6.45) is 5.75. The zero-order valence-corrected chi connectivity index (χ0v) is 30.2. The first-order chi connectivity index (χ1) is 26.7. The summed E-state index contributed by atoms with van der Waals surface area (Å²) in [6, 6.07) is 65.6. The Balaban J connectivity index is 1.20. The Hall–Kier alpha value is -6.77. The fraction of sp³-hybridized carbons (Fsp3) is 0.0577. The van der Waals surface area contributed by atoms with E-state index in [1.54, 1.807) is 0 Å². The molecule has 8 aromatic carbocycles. The Morgan fingerprint density at radius 3 is 1.78 bits per heavy atom. The maximum atomic E-state index is 5.41. The zero-order chi connectivity index (χ0) is 36.0. The maximum absolute atomic E-state index is 5.41. The van der Waals surface area contributed by atoms with Gasteiger partial charge in [-0.2, -0.15) is 0 Å². The Bertz CT molecular complexity index is 2830. The molecule has 1 aliphatic carbocycles. The van der Waals surface area contributed by atoms with Crippen LogP contribution in [-0.4, -0.2) is 9.55 Å². The van der Waals surface area contributed by atoms with Crippen LogP contribution in [0.1, 0.15) is 30.4 Å². The van der Waals surface area contributed by atoms with Gasteiger partial charge in [0.15, 0.2) is 0 Å². The summed E-state index contributed by atoms with van der Waals surface area (Å²) in [5.41, 5.74) is 14.3. The lowest BCUT2D eigenvalue weighted by molar-refractivity contribution is 0.775. The van der Waals surface area contributed by atoms with Crippen molar-refractivity contribution >= 4 is 27.6 Å². The predicted octanol–water partition coefficient (Wildman–Crippen LogP) is 14.0. The summed E-state index contributed by atoms with van der Waals surface area (Å²) in [7, 11) is 0. The second kappa shape index (κ2) is 13.3. The van der Waals surface area contributed by atoms with Gasteiger partial charge < -0.3 is 0 Å². The van der Waals surface area contributed by atoms with Gasteiger partial charge in [0.1, 0.15) is 5.82 Å². The third-order valence-corrected chi connectivity index (χ3v) is 11.0. The molecule has 1 atom stereocenters. The second-order valence-electron chi connectivity index (χ2n) is 14.3. The van der Waals surface area contributed by atoms with Gasteiger partial charge in [-0.3, -0.25) is 4.57 Å². The summed E-state index contributed by atoms with van der Waals surface area (Å²) < 4.78 is 2.35. The lowest BCUT2D eigenvalue weighted by Gasteiger charge is -2.27. The van der Waals surface area contributed by atoms with Crippen LogP contribution in [0.5, 0.6) is 0 Å². The van der Waals surface area contributed by atoms with E-state index in [0.717, 1.165) is 46.0 Å². The van der Waals surface area contributed by atoms with Crippen LogP contribution in [0, 0.1) is 0 Å². The molecule has 1 aliphatic rings. The van der Waals surface area contributed by atoms with Gasteiger partial charge in [0.05, 0.1) is 11.4 Å². The average Bonchev–Trinajstić information content (AvgIpc) is 3.65. The van der Waals surface area contributed by atoms with Crippen LogP contribution in [0.25, 0.3) is 89.5 Å². The topological polar surface area (TPSA) is 17.8 Å². The molecule has 54 heavy (non-hydrogen) atoms. The van der Waals surface area contributed by atoms with Crippen molar-refractivity contribution < 1.29 is 0 Å². The number of imidazole rings is 1. The molecule has 0 amide bonds. The van der Waals surface area contributed by atoms with Crippen molar-refractivity contribution in [3.63, 3.8) is 0 Å². The van der Waals surface area contributed by atoms with E-state index in [9.17, 15) is 0 Å². The first kappa shape index (κ1) is 31.9. The highest BCUT2D eigenvalue weighted by atomic mass is 15.1. The van der Waals surface area contributed by atoms with Gasteiger partial charge in [0, 0.05) is 22.4 Å². The van der Waals surface area contributed by atoms with Crippen molar-refractivity contribution in [2.75, 3.05) is 0 Å². The molecule has 0 fully saturated rings. The summed E-state index contributed by atoms with van der Waals surface area (Å²) in [5.74, 6) is 1.29. The van der Waals surface area contributed by atoms with Gasteiger partial charge in [0.25, 0.3) is 0 Å². The van der Waals surface area contributed by atoms with Crippen molar-refractivity contribution in [3.8, 4) is 61.8 Å². The van der Waals surface area contributed by atoms with Crippen LogP contribution >= 0.6 is 0 Å². The van der Waals surface area contributed by atoms with E-state index in [1.807, 2.05) is 0 Å². The SMILES string of the molecule is CC1CC=Cc2c1c(-c1ccc(-n3c(-c4ccccc4)nc(-c4ccccc4)c3-c3ccccc3)cc1)c1ccccc1c2-c1ccc2ccccc2c1. The van der Waals surface area contributed by atoms with Crippen LogP contribution in [0.15, 0.2) is 188 Å². The van der Waals surface area contributed by atoms with Gasteiger partial charge in [-0.25, -0.2) is 4.98 Å². The monoisotopic (exact) mass is 690 g/mol. The van der Waals surface area contributed by atoms with E-state index in [-0.39, 0.29) is 0 Å². The van der Waals surface area contributed by atoms with Gasteiger partial charge >= 0.3 is 0 Å². The molecular formula is C52H38N2. The molecule has 0 saturated heterocycles. The normalized spacial score (nSPS) is 13.7. The van der Waals surface area contributed by atoms with Crippen molar-refractivity contribution in [2.45, 2.75) is 19.3 Å². The smallest absolute Gasteiger partial charge is 0.145 e. The van der Waals surface area contributed by atoms with E-state index in [1.165, 1.54) is 54.9 Å². The quantitative estimate of drug-likeness (QED) is 0.170. The van der Waals surface area contributed by atoms with E-state index < -0.39 is 0 Å². The van der Waals surface area contributed by atoms with E-state index in [4.69, 9.17) is 4.98 Å². The number of nitrogens with zero attached hydrogens (tertiary/aromatic N) is 2. The van der Waals surface area contributed by atoms with Gasteiger partial charge in [-0.15, -0.1) is 0 Å². The Morgan fingerprint density at radius 2 is 1.07 bits per heavy atom. The summed E-state index contributed by atoms with van der Waals surface area (Å²) in [6.45, 7) is 2.38. The molecule has 0 aliphatic heterocycles. The summed E-state index contributed by atoms with van der Waals surface area (Å²) in [4.78, 5) is 5.41. The van der Waals surface area contributed by atoms with Crippen LogP contribution in [0.3, 0.4) is 0 Å². The molecular weight excluding hydrogens is 653 g/mol. The predicted molar refractivity (Wildman–Crippen MR) is 228 cm³/mol. The van der Waals surface area contributed by atoms with Crippen LogP contribution < -0.4 is 0 Å². The van der Waals surface area contributed by atoms with Gasteiger partial charge in [-0.05, 0) is 85.5 Å². The van der Waals surface area contributed by atoms with Crippen molar-refractivity contribution in [1.82, 2.24) is 9.55 Å². The van der Waals surface area contributed by atoms with Crippen molar-refractivity contribution in [1.29, 1.82) is 0 Å². The minimum atomic E-state index is 0.375. The van der Waals surface area contributed by atoms with Crippen LogP contribution in [-0.2, 0) is 0 Å².